The second kappa shape index (κ2) is 5.60. The van der Waals surface area contributed by atoms with Crippen molar-refractivity contribution in [2.75, 3.05) is 32.1 Å². The predicted octanol–water partition coefficient (Wildman–Crippen LogP) is -0.530. The van der Waals surface area contributed by atoms with Crippen molar-refractivity contribution in [1.29, 1.82) is 0 Å². The van der Waals surface area contributed by atoms with Crippen LogP contribution in [0, 0.1) is 0 Å². The van der Waals surface area contributed by atoms with E-state index in [1.165, 1.54) is 0 Å². The van der Waals surface area contributed by atoms with Crippen LogP contribution in [-0.2, 0) is 6.61 Å². The van der Waals surface area contributed by atoms with Gasteiger partial charge in [0.1, 0.15) is 0 Å². The van der Waals surface area contributed by atoms with Crippen molar-refractivity contribution in [1.82, 2.24) is 15.1 Å². The van der Waals surface area contributed by atoms with Gasteiger partial charge in [0, 0.05) is 19.1 Å². The third-order valence-electron chi connectivity index (χ3n) is 3.13. The molecule has 1 aromatic rings. The lowest BCUT2D eigenvalue weighted by Gasteiger charge is -2.27. The van der Waals surface area contributed by atoms with Gasteiger partial charge in [0.2, 0.25) is 0 Å². The van der Waals surface area contributed by atoms with Gasteiger partial charge in [-0.1, -0.05) is 0 Å². The molecule has 2 unspecified atom stereocenters. The number of hydrogen-bond acceptors (Lipinski definition) is 6. The van der Waals surface area contributed by atoms with E-state index in [0.29, 0.717) is 12.2 Å². The fourth-order valence-corrected chi connectivity index (χ4v) is 2.36. The number of hydrogen-bond donors (Lipinski definition) is 2. The minimum Gasteiger partial charge on any atom is -0.391 e. The van der Waals surface area contributed by atoms with Gasteiger partial charge >= 0.3 is 0 Å². The third-order valence-corrected chi connectivity index (χ3v) is 3.13. The van der Waals surface area contributed by atoms with E-state index in [1.54, 1.807) is 6.07 Å². The van der Waals surface area contributed by atoms with Crippen molar-refractivity contribution in [3.8, 4) is 0 Å². The molecule has 0 saturated carbocycles. The lowest BCUT2D eigenvalue weighted by atomic mass is 10.2. The molecule has 0 radical (unpaired) electrons. The molecule has 0 bridgehead atoms. The summed E-state index contributed by atoms with van der Waals surface area (Å²) in [5, 5.41) is 26.8. The maximum absolute atomic E-state index is 9.80. The highest BCUT2D eigenvalue weighted by atomic mass is 16.3. The molecule has 1 fully saturated rings. The number of aliphatic hydroxyl groups excluding tert-OH is 2. The molecule has 1 aliphatic rings. The van der Waals surface area contributed by atoms with Crippen LogP contribution in [-0.4, -0.2) is 64.6 Å². The third kappa shape index (κ3) is 2.95. The van der Waals surface area contributed by atoms with E-state index in [4.69, 9.17) is 5.11 Å². The van der Waals surface area contributed by atoms with E-state index in [-0.39, 0.29) is 18.8 Å². The molecular formula is C12H20N4O2. The Hall–Kier alpha value is -1.24. The monoisotopic (exact) mass is 252 g/mol. The summed E-state index contributed by atoms with van der Waals surface area (Å²) >= 11 is 0. The largest absolute Gasteiger partial charge is 0.391 e. The van der Waals surface area contributed by atoms with Crippen molar-refractivity contribution in [2.45, 2.75) is 25.2 Å². The van der Waals surface area contributed by atoms with E-state index in [9.17, 15) is 5.11 Å². The van der Waals surface area contributed by atoms with Crippen LogP contribution in [0.4, 0.5) is 5.82 Å². The van der Waals surface area contributed by atoms with Crippen molar-refractivity contribution in [2.24, 2.45) is 0 Å². The number of aliphatic hydroxyl groups is 2. The molecule has 1 aromatic heterocycles. The highest BCUT2D eigenvalue weighted by Gasteiger charge is 2.32. The van der Waals surface area contributed by atoms with Crippen molar-refractivity contribution in [3.05, 3.63) is 17.8 Å². The zero-order valence-electron chi connectivity index (χ0n) is 10.8. The van der Waals surface area contributed by atoms with E-state index >= 15 is 0 Å². The Morgan fingerprint density at radius 3 is 2.72 bits per heavy atom. The molecule has 6 heteroatoms. The molecule has 100 valence electrons. The average Bonchev–Trinajstić information content (AvgIpc) is 2.69. The second-order valence-corrected chi connectivity index (χ2v) is 5.00. The van der Waals surface area contributed by atoms with Crippen LogP contribution in [0.2, 0.25) is 0 Å². The lowest BCUT2D eigenvalue weighted by molar-refractivity contribution is 0.191. The fraction of sp³-hybridized carbons (Fsp3) is 0.667. The Morgan fingerprint density at radius 2 is 2.17 bits per heavy atom. The first-order chi connectivity index (χ1) is 8.60. The number of nitrogens with zero attached hydrogens (tertiary/aromatic N) is 4. The maximum atomic E-state index is 9.80. The van der Waals surface area contributed by atoms with Crippen molar-refractivity contribution in [3.63, 3.8) is 0 Å². The summed E-state index contributed by atoms with van der Waals surface area (Å²) in [6.07, 6.45) is 0.441. The van der Waals surface area contributed by atoms with Crippen LogP contribution in [0.3, 0.4) is 0 Å². The van der Waals surface area contributed by atoms with E-state index in [1.807, 2.05) is 20.2 Å². The van der Waals surface area contributed by atoms with E-state index in [2.05, 4.69) is 20.0 Å². The lowest BCUT2D eigenvalue weighted by Crippen LogP contribution is -2.38. The van der Waals surface area contributed by atoms with Gasteiger partial charge in [0.05, 0.1) is 18.4 Å². The van der Waals surface area contributed by atoms with Crippen LogP contribution in [0.25, 0.3) is 0 Å². The zero-order valence-corrected chi connectivity index (χ0v) is 10.8. The SMILES string of the molecule is CN(C)CC1CC(O)CN1c1ccc(CO)nn1. The Morgan fingerprint density at radius 1 is 1.39 bits per heavy atom. The van der Waals surface area contributed by atoms with Crippen LogP contribution >= 0.6 is 0 Å². The molecule has 0 aromatic carbocycles. The van der Waals surface area contributed by atoms with Crippen LogP contribution in [0.15, 0.2) is 12.1 Å². The molecule has 1 aliphatic heterocycles. The standard InChI is InChI=1S/C12H20N4O2/c1-15(2)6-10-5-11(18)7-16(10)12-4-3-9(8-17)13-14-12/h3-4,10-11,17-18H,5-8H2,1-2H3. The molecule has 18 heavy (non-hydrogen) atoms. The van der Waals surface area contributed by atoms with E-state index in [0.717, 1.165) is 18.8 Å². The average molecular weight is 252 g/mol. The minimum atomic E-state index is -0.311. The molecule has 6 nitrogen and oxygen atoms in total. The van der Waals surface area contributed by atoms with Gasteiger partial charge in [-0.05, 0) is 32.6 Å². The summed E-state index contributed by atoms with van der Waals surface area (Å²) in [6, 6.07) is 3.86. The van der Waals surface area contributed by atoms with Crippen LogP contribution < -0.4 is 4.90 Å². The first kappa shape index (κ1) is 13.2. The molecule has 2 atom stereocenters. The Bertz CT molecular complexity index is 382. The molecule has 0 amide bonds. The molecule has 0 aliphatic carbocycles. The molecule has 0 spiro atoms. The van der Waals surface area contributed by atoms with Gasteiger partial charge < -0.3 is 20.0 Å². The van der Waals surface area contributed by atoms with Gasteiger partial charge in [-0.25, -0.2) is 0 Å². The molecule has 2 heterocycles. The Kier molecular flexibility index (Phi) is 4.11. The van der Waals surface area contributed by atoms with Gasteiger partial charge in [0.25, 0.3) is 0 Å². The summed E-state index contributed by atoms with van der Waals surface area (Å²) in [7, 11) is 4.03. The van der Waals surface area contributed by atoms with Gasteiger partial charge in [-0.3, -0.25) is 0 Å². The summed E-state index contributed by atoms with van der Waals surface area (Å²) in [4.78, 5) is 4.18. The first-order valence-electron chi connectivity index (χ1n) is 6.13. The first-order valence-corrected chi connectivity index (χ1v) is 6.13. The molecule has 2 rings (SSSR count). The maximum Gasteiger partial charge on any atom is 0.151 e. The molecule has 1 saturated heterocycles. The Balaban J connectivity index is 2.13. The minimum absolute atomic E-state index is 0.100. The summed E-state index contributed by atoms with van der Waals surface area (Å²) in [5.41, 5.74) is 0.558. The predicted molar refractivity (Wildman–Crippen MR) is 68.3 cm³/mol. The smallest absolute Gasteiger partial charge is 0.151 e. The van der Waals surface area contributed by atoms with Gasteiger partial charge in [-0.15, -0.1) is 5.10 Å². The van der Waals surface area contributed by atoms with Crippen molar-refractivity contribution >= 4 is 5.82 Å². The summed E-state index contributed by atoms with van der Waals surface area (Å²) in [5.74, 6) is 0.760. The highest BCUT2D eigenvalue weighted by molar-refractivity contribution is 5.41. The van der Waals surface area contributed by atoms with Gasteiger partial charge in [0.15, 0.2) is 5.82 Å². The zero-order chi connectivity index (χ0) is 13.1. The van der Waals surface area contributed by atoms with Crippen molar-refractivity contribution < 1.29 is 10.2 Å². The van der Waals surface area contributed by atoms with Crippen LogP contribution in [0.1, 0.15) is 12.1 Å². The van der Waals surface area contributed by atoms with Gasteiger partial charge in [-0.2, -0.15) is 5.10 Å². The number of aromatic nitrogens is 2. The molecule has 2 N–H and O–H groups in total. The summed E-state index contributed by atoms with van der Waals surface area (Å²) < 4.78 is 0. The quantitative estimate of drug-likeness (QED) is 0.750. The normalized spacial score (nSPS) is 23.9. The molecular weight excluding hydrogens is 232 g/mol. The Labute approximate surface area is 107 Å². The fourth-order valence-electron chi connectivity index (χ4n) is 2.36. The number of anilines is 1. The van der Waals surface area contributed by atoms with Crippen LogP contribution in [0.5, 0.6) is 0 Å². The number of rotatable bonds is 4. The highest BCUT2D eigenvalue weighted by Crippen LogP contribution is 2.24. The summed E-state index contributed by atoms with van der Waals surface area (Å²) in [6.45, 7) is 1.36. The number of likely N-dealkylation sites (N-methyl/N-ethyl adjacent to an activating group) is 1. The number of β-amino-alcohol motifs (C(OH)–C–C–N with tert-alkyl or cyclic N) is 1. The van der Waals surface area contributed by atoms with E-state index < -0.39 is 0 Å². The topological polar surface area (TPSA) is 72.7 Å². The second-order valence-electron chi connectivity index (χ2n) is 5.00.